The number of amides is 2. The highest BCUT2D eigenvalue weighted by Gasteiger charge is 2.45. The number of alkyl halides is 3. The minimum atomic E-state index is -4.43. The molecular weight excluding hydrogens is 345 g/mol. The van der Waals surface area contributed by atoms with Crippen LogP contribution in [-0.2, 0) is 15.8 Å². The van der Waals surface area contributed by atoms with Crippen LogP contribution in [-0.4, -0.2) is 48.3 Å². The number of nitrogens with zero attached hydrogens (tertiary/aromatic N) is 2. The lowest BCUT2D eigenvalue weighted by Crippen LogP contribution is -2.37. The predicted molar refractivity (Wildman–Crippen MR) is 90.3 cm³/mol. The molecule has 2 fully saturated rings. The van der Waals surface area contributed by atoms with Crippen LogP contribution in [0.2, 0.25) is 0 Å². The summed E-state index contributed by atoms with van der Waals surface area (Å²) in [4.78, 5) is 28.4. The molecule has 7 heteroatoms. The first-order valence-corrected chi connectivity index (χ1v) is 8.93. The van der Waals surface area contributed by atoms with Crippen LogP contribution in [0, 0.1) is 11.8 Å². The van der Waals surface area contributed by atoms with Crippen molar-refractivity contribution in [3.63, 3.8) is 0 Å². The zero-order chi connectivity index (χ0) is 19.1. The first kappa shape index (κ1) is 18.7. The van der Waals surface area contributed by atoms with E-state index in [0.29, 0.717) is 18.7 Å². The summed E-state index contributed by atoms with van der Waals surface area (Å²) in [5, 5.41) is 0. The second kappa shape index (κ2) is 6.93. The van der Waals surface area contributed by atoms with Crippen molar-refractivity contribution >= 4 is 11.8 Å². The largest absolute Gasteiger partial charge is 0.416 e. The van der Waals surface area contributed by atoms with Crippen molar-refractivity contribution in [1.29, 1.82) is 0 Å². The van der Waals surface area contributed by atoms with Crippen molar-refractivity contribution in [3.05, 3.63) is 35.4 Å². The van der Waals surface area contributed by atoms with Gasteiger partial charge in [0.25, 0.3) is 0 Å². The summed E-state index contributed by atoms with van der Waals surface area (Å²) in [7, 11) is 1.68. The molecule has 2 unspecified atom stereocenters. The molecule has 0 radical (unpaired) electrons. The molecule has 3 rings (SSSR count). The van der Waals surface area contributed by atoms with Gasteiger partial charge in [-0.1, -0.05) is 18.2 Å². The van der Waals surface area contributed by atoms with Gasteiger partial charge in [0.05, 0.1) is 11.5 Å². The Labute approximate surface area is 151 Å². The number of carbonyl (C=O) groups excluding carboxylic acids is 2. The third kappa shape index (κ3) is 3.71. The van der Waals surface area contributed by atoms with E-state index < -0.39 is 23.6 Å². The monoisotopic (exact) mass is 368 g/mol. The van der Waals surface area contributed by atoms with Gasteiger partial charge >= 0.3 is 6.18 Å². The van der Waals surface area contributed by atoms with Crippen molar-refractivity contribution in [2.24, 2.45) is 11.8 Å². The zero-order valence-corrected chi connectivity index (χ0v) is 14.9. The van der Waals surface area contributed by atoms with Gasteiger partial charge in [0.1, 0.15) is 0 Å². The smallest absolute Gasteiger partial charge is 0.346 e. The van der Waals surface area contributed by atoms with Gasteiger partial charge < -0.3 is 9.80 Å². The Hall–Kier alpha value is -2.05. The molecule has 1 aromatic rings. The van der Waals surface area contributed by atoms with Crippen LogP contribution < -0.4 is 0 Å². The number of carbonyl (C=O) groups is 2. The van der Waals surface area contributed by atoms with E-state index in [0.717, 1.165) is 25.0 Å². The van der Waals surface area contributed by atoms with E-state index in [1.165, 1.54) is 6.07 Å². The molecule has 1 aliphatic carbocycles. The highest BCUT2D eigenvalue weighted by atomic mass is 19.4. The molecule has 2 atom stereocenters. The van der Waals surface area contributed by atoms with Crippen molar-refractivity contribution in [1.82, 2.24) is 9.80 Å². The van der Waals surface area contributed by atoms with E-state index in [2.05, 4.69) is 0 Å². The van der Waals surface area contributed by atoms with Gasteiger partial charge in [-0.3, -0.25) is 9.59 Å². The highest BCUT2D eigenvalue weighted by Crippen LogP contribution is 2.39. The minimum Gasteiger partial charge on any atom is -0.346 e. The van der Waals surface area contributed by atoms with Crippen molar-refractivity contribution in [2.75, 3.05) is 26.7 Å². The fourth-order valence-electron chi connectivity index (χ4n) is 3.54. The van der Waals surface area contributed by atoms with Crippen LogP contribution in [0.3, 0.4) is 0 Å². The molecule has 1 heterocycles. The summed E-state index contributed by atoms with van der Waals surface area (Å²) < 4.78 is 39.2. The quantitative estimate of drug-likeness (QED) is 0.819. The SMILES string of the molecule is CCN(C)C(=O)C1CN(C(=O)C2CC2)CC1c1cccc(C(F)(F)F)c1. The molecule has 2 amide bonds. The van der Waals surface area contributed by atoms with E-state index in [1.54, 1.807) is 22.9 Å². The van der Waals surface area contributed by atoms with E-state index in [-0.39, 0.29) is 24.3 Å². The molecule has 0 spiro atoms. The summed E-state index contributed by atoms with van der Waals surface area (Å²) in [6.45, 7) is 2.94. The standard InChI is InChI=1S/C19H23F3N2O2/c1-3-23(2)18(26)16-11-24(17(25)12-7-8-12)10-15(16)13-5-4-6-14(9-13)19(20,21)22/h4-6,9,12,15-16H,3,7-8,10-11H2,1-2H3. The second-order valence-corrected chi connectivity index (χ2v) is 7.21. The predicted octanol–water partition coefficient (Wildman–Crippen LogP) is 3.14. The Morgan fingerprint density at radius 1 is 1.23 bits per heavy atom. The normalized spacial score (nSPS) is 23.2. The maximum Gasteiger partial charge on any atom is 0.416 e. The summed E-state index contributed by atoms with van der Waals surface area (Å²) in [5.74, 6) is -1.00. The van der Waals surface area contributed by atoms with Gasteiger partial charge in [-0.25, -0.2) is 0 Å². The van der Waals surface area contributed by atoms with Crippen LogP contribution in [0.25, 0.3) is 0 Å². The average Bonchev–Trinajstić information content (AvgIpc) is 3.37. The summed E-state index contributed by atoms with van der Waals surface area (Å²) in [5.41, 5.74) is -0.259. The molecule has 1 aromatic carbocycles. The molecule has 2 aliphatic rings. The first-order valence-electron chi connectivity index (χ1n) is 8.93. The van der Waals surface area contributed by atoms with Gasteiger partial charge in [0.2, 0.25) is 11.8 Å². The van der Waals surface area contributed by atoms with E-state index in [4.69, 9.17) is 0 Å². The summed E-state index contributed by atoms with van der Waals surface area (Å²) in [6.07, 6.45) is -2.72. The Kier molecular flexibility index (Phi) is 4.99. The zero-order valence-electron chi connectivity index (χ0n) is 14.9. The lowest BCUT2D eigenvalue weighted by molar-refractivity contribution is -0.137. The fraction of sp³-hybridized carbons (Fsp3) is 0.579. The molecule has 26 heavy (non-hydrogen) atoms. The van der Waals surface area contributed by atoms with Crippen molar-refractivity contribution < 1.29 is 22.8 Å². The molecule has 1 saturated carbocycles. The van der Waals surface area contributed by atoms with Crippen LogP contribution in [0.15, 0.2) is 24.3 Å². The molecule has 142 valence electrons. The van der Waals surface area contributed by atoms with E-state index in [1.807, 2.05) is 6.92 Å². The van der Waals surface area contributed by atoms with Crippen molar-refractivity contribution in [2.45, 2.75) is 31.9 Å². The number of likely N-dealkylation sites (tertiary alicyclic amines) is 1. The third-order valence-corrected chi connectivity index (χ3v) is 5.37. The fourth-order valence-corrected chi connectivity index (χ4v) is 3.54. The molecular formula is C19H23F3N2O2. The number of hydrogen-bond donors (Lipinski definition) is 0. The Bertz CT molecular complexity index is 700. The first-order chi connectivity index (χ1) is 12.2. The van der Waals surface area contributed by atoms with Crippen LogP contribution in [0.4, 0.5) is 13.2 Å². The summed E-state index contributed by atoms with van der Waals surface area (Å²) >= 11 is 0. The lowest BCUT2D eigenvalue weighted by Gasteiger charge is -2.23. The topological polar surface area (TPSA) is 40.6 Å². The minimum absolute atomic E-state index is 0.0231. The van der Waals surface area contributed by atoms with Gasteiger partial charge in [-0.2, -0.15) is 13.2 Å². The van der Waals surface area contributed by atoms with Gasteiger partial charge in [-0.15, -0.1) is 0 Å². The Balaban J connectivity index is 1.90. The maximum atomic E-state index is 13.1. The van der Waals surface area contributed by atoms with Crippen LogP contribution in [0.1, 0.15) is 36.8 Å². The average molecular weight is 368 g/mol. The number of hydrogen-bond acceptors (Lipinski definition) is 2. The summed E-state index contributed by atoms with van der Waals surface area (Å²) in [6, 6.07) is 5.13. The Morgan fingerprint density at radius 3 is 2.50 bits per heavy atom. The maximum absolute atomic E-state index is 13.1. The van der Waals surface area contributed by atoms with Crippen LogP contribution >= 0.6 is 0 Å². The van der Waals surface area contributed by atoms with E-state index in [9.17, 15) is 22.8 Å². The highest BCUT2D eigenvalue weighted by molar-refractivity contribution is 5.85. The number of rotatable bonds is 4. The molecule has 4 nitrogen and oxygen atoms in total. The van der Waals surface area contributed by atoms with Crippen LogP contribution in [0.5, 0.6) is 0 Å². The number of halogens is 3. The van der Waals surface area contributed by atoms with Crippen molar-refractivity contribution in [3.8, 4) is 0 Å². The molecule has 1 saturated heterocycles. The number of benzene rings is 1. The molecule has 0 aromatic heterocycles. The molecule has 0 N–H and O–H groups in total. The molecule has 1 aliphatic heterocycles. The lowest BCUT2D eigenvalue weighted by atomic mass is 9.87. The van der Waals surface area contributed by atoms with Gasteiger partial charge in [0, 0.05) is 38.5 Å². The third-order valence-electron chi connectivity index (χ3n) is 5.37. The molecule has 0 bridgehead atoms. The second-order valence-electron chi connectivity index (χ2n) is 7.21. The van der Waals surface area contributed by atoms with Gasteiger partial charge in [0.15, 0.2) is 0 Å². The van der Waals surface area contributed by atoms with Gasteiger partial charge in [-0.05, 0) is 31.4 Å². The van der Waals surface area contributed by atoms with E-state index >= 15 is 0 Å². The Morgan fingerprint density at radius 2 is 1.92 bits per heavy atom.